The average Bonchev–Trinajstić information content (AvgIpc) is 2.26. The third-order valence-corrected chi connectivity index (χ3v) is 2.98. The Bertz CT molecular complexity index is 543. The second-order valence-corrected chi connectivity index (χ2v) is 4.61. The van der Waals surface area contributed by atoms with Gasteiger partial charge in [-0.25, -0.2) is 4.39 Å². The maximum Gasteiger partial charge on any atom is 0.134 e. The van der Waals surface area contributed by atoms with Gasteiger partial charge in [0.1, 0.15) is 11.6 Å². The van der Waals surface area contributed by atoms with Gasteiger partial charge in [-0.2, -0.15) is 0 Å². The summed E-state index contributed by atoms with van der Waals surface area (Å²) in [4.78, 5) is 0. The molecule has 1 nitrogen and oxygen atoms in total. The van der Waals surface area contributed by atoms with Gasteiger partial charge in [-0.15, -0.1) is 0 Å². The van der Waals surface area contributed by atoms with Gasteiger partial charge in [0.25, 0.3) is 0 Å². The Morgan fingerprint density at radius 2 is 1.88 bits per heavy atom. The molecule has 0 aliphatic heterocycles. The first-order chi connectivity index (χ1) is 7.58. The maximum atomic E-state index is 13.6. The number of phenols is 1. The summed E-state index contributed by atoms with van der Waals surface area (Å²) in [6, 6.07) is 9.25. The van der Waals surface area contributed by atoms with Gasteiger partial charge < -0.3 is 5.11 Å². The first kappa shape index (κ1) is 11.4. The van der Waals surface area contributed by atoms with Crippen molar-refractivity contribution >= 4 is 27.5 Å². The van der Waals surface area contributed by atoms with E-state index in [0.717, 1.165) is 4.47 Å². The van der Waals surface area contributed by atoms with Crippen molar-refractivity contribution in [2.24, 2.45) is 0 Å². The predicted molar refractivity (Wildman–Crippen MR) is 66.2 cm³/mol. The van der Waals surface area contributed by atoms with Crippen molar-refractivity contribution in [2.45, 2.75) is 0 Å². The lowest BCUT2D eigenvalue weighted by molar-refractivity contribution is 0.475. The SMILES string of the molecule is Oc1ccc(-c2cc(Br)ccc2F)cc1Cl. The molecule has 0 fully saturated rings. The van der Waals surface area contributed by atoms with Gasteiger partial charge in [0.2, 0.25) is 0 Å². The number of benzene rings is 2. The fourth-order valence-electron chi connectivity index (χ4n) is 1.39. The minimum absolute atomic E-state index is 0.0131. The molecule has 16 heavy (non-hydrogen) atoms. The van der Waals surface area contributed by atoms with Gasteiger partial charge in [0.05, 0.1) is 5.02 Å². The van der Waals surface area contributed by atoms with Crippen molar-refractivity contribution < 1.29 is 9.50 Å². The molecule has 0 heterocycles. The van der Waals surface area contributed by atoms with Crippen molar-refractivity contribution in [3.05, 3.63) is 51.7 Å². The van der Waals surface area contributed by atoms with E-state index in [1.807, 2.05) is 0 Å². The molecule has 0 bridgehead atoms. The second kappa shape index (κ2) is 4.44. The molecular weight excluding hydrogens is 294 g/mol. The van der Waals surface area contributed by atoms with Crippen LogP contribution in [0.4, 0.5) is 4.39 Å². The fraction of sp³-hybridized carbons (Fsp3) is 0. The van der Waals surface area contributed by atoms with Gasteiger partial charge in [-0.1, -0.05) is 33.6 Å². The molecule has 0 amide bonds. The first-order valence-electron chi connectivity index (χ1n) is 4.52. The summed E-state index contributed by atoms with van der Waals surface area (Å²) in [7, 11) is 0. The second-order valence-electron chi connectivity index (χ2n) is 3.29. The van der Waals surface area contributed by atoms with Crippen LogP contribution in [0.15, 0.2) is 40.9 Å². The summed E-state index contributed by atoms with van der Waals surface area (Å²) in [6.07, 6.45) is 0. The smallest absolute Gasteiger partial charge is 0.134 e. The molecule has 0 aliphatic rings. The number of rotatable bonds is 1. The first-order valence-corrected chi connectivity index (χ1v) is 5.69. The number of halogens is 3. The minimum atomic E-state index is -0.329. The molecule has 0 aromatic heterocycles. The third kappa shape index (κ3) is 2.20. The van der Waals surface area contributed by atoms with Crippen LogP contribution in [0, 0.1) is 5.82 Å². The molecule has 2 aromatic carbocycles. The van der Waals surface area contributed by atoms with Crippen molar-refractivity contribution in [1.82, 2.24) is 0 Å². The molecular formula is C12H7BrClFO. The van der Waals surface area contributed by atoms with Crippen LogP contribution in [-0.4, -0.2) is 5.11 Å². The van der Waals surface area contributed by atoms with Gasteiger partial charge >= 0.3 is 0 Å². The van der Waals surface area contributed by atoms with Crippen LogP contribution in [0.1, 0.15) is 0 Å². The van der Waals surface area contributed by atoms with E-state index in [1.165, 1.54) is 18.2 Å². The highest BCUT2D eigenvalue weighted by atomic mass is 79.9. The van der Waals surface area contributed by atoms with Crippen LogP contribution in [-0.2, 0) is 0 Å². The summed E-state index contributed by atoms with van der Waals surface area (Å²) in [5, 5.41) is 9.48. The fourth-order valence-corrected chi connectivity index (χ4v) is 1.93. The number of hydrogen-bond donors (Lipinski definition) is 1. The predicted octanol–water partition coefficient (Wildman–Crippen LogP) is 4.61. The lowest BCUT2D eigenvalue weighted by Gasteiger charge is -2.05. The van der Waals surface area contributed by atoms with Gasteiger partial charge in [-0.05, 0) is 35.9 Å². The topological polar surface area (TPSA) is 20.2 Å². The van der Waals surface area contributed by atoms with Crippen LogP contribution in [0.3, 0.4) is 0 Å². The molecule has 0 saturated carbocycles. The normalized spacial score (nSPS) is 10.4. The molecule has 0 radical (unpaired) electrons. The highest BCUT2D eigenvalue weighted by Crippen LogP contribution is 2.31. The Morgan fingerprint density at radius 3 is 2.56 bits per heavy atom. The van der Waals surface area contributed by atoms with Crippen LogP contribution in [0.2, 0.25) is 5.02 Å². The molecule has 82 valence electrons. The highest BCUT2D eigenvalue weighted by Gasteiger charge is 2.07. The van der Waals surface area contributed by atoms with Gasteiger partial charge in [0.15, 0.2) is 0 Å². The highest BCUT2D eigenvalue weighted by molar-refractivity contribution is 9.10. The van der Waals surface area contributed by atoms with Crippen LogP contribution >= 0.6 is 27.5 Å². The minimum Gasteiger partial charge on any atom is -0.506 e. The molecule has 0 spiro atoms. The molecule has 0 saturated heterocycles. The van der Waals surface area contributed by atoms with Crippen LogP contribution in [0.5, 0.6) is 5.75 Å². The standard InChI is InChI=1S/C12H7BrClFO/c13-8-2-3-11(15)9(6-8)7-1-4-12(16)10(14)5-7/h1-6,16H. The molecule has 0 unspecified atom stereocenters. The van der Waals surface area contributed by atoms with E-state index in [-0.39, 0.29) is 16.6 Å². The molecule has 0 atom stereocenters. The molecule has 0 aliphatic carbocycles. The Kier molecular flexibility index (Phi) is 3.17. The zero-order chi connectivity index (χ0) is 11.7. The zero-order valence-electron chi connectivity index (χ0n) is 8.05. The zero-order valence-corrected chi connectivity index (χ0v) is 10.4. The summed E-state index contributed by atoms with van der Waals surface area (Å²) < 4.78 is 14.3. The van der Waals surface area contributed by atoms with E-state index in [1.54, 1.807) is 18.2 Å². The van der Waals surface area contributed by atoms with Crippen molar-refractivity contribution in [3.8, 4) is 16.9 Å². The molecule has 2 aromatic rings. The summed E-state index contributed by atoms with van der Waals surface area (Å²) in [5.74, 6) is -0.342. The van der Waals surface area contributed by atoms with Crippen molar-refractivity contribution in [2.75, 3.05) is 0 Å². The third-order valence-electron chi connectivity index (χ3n) is 2.19. The van der Waals surface area contributed by atoms with Crippen LogP contribution in [0.25, 0.3) is 11.1 Å². The number of hydrogen-bond acceptors (Lipinski definition) is 1. The van der Waals surface area contributed by atoms with Crippen LogP contribution < -0.4 is 0 Å². The van der Waals surface area contributed by atoms with Crippen molar-refractivity contribution in [1.29, 1.82) is 0 Å². The summed E-state index contributed by atoms with van der Waals surface area (Å²) in [6.45, 7) is 0. The molecule has 4 heteroatoms. The Balaban J connectivity index is 2.58. The van der Waals surface area contributed by atoms with E-state index in [4.69, 9.17) is 11.6 Å². The quantitative estimate of drug-likeness (QED) is 0.815. The molecule has 1 N–H and O–H groups in total. The van der Waals surface area contributed by atoms with E-state index in [0.29, 0.717) is 11.1 Å². The summed E-state index contributed by atoms with van der Waals surface area (Å²) in [5.41, 5.74) is 1.07. The Labute approximate surface area is 106 Å². The van der Waals surface area contributed by atoms with E-state index in [2.05, 4.69) is 15.9 Å². The van der Waals surface area contributed by atoms with E-state index in [9.17, 15) is 9.50 Å². The van der Waals surface area contributed by atoms with Gasteiger partial charge in [0, 0.05) is 10.0 Å². The largest absolute Gasteiger partial charge is 0.506 e. The van der Waals surface area contributed by atoms with E-state index >= 15 is 0 Å². The lowest BCUT2D eigenvalue weighted by Crippen LogP contribution is -1.84. The number of phenolic OH excluding ortho intramolecular Hbond substituents is 1. The maximum absolute atomic E-state index is 13.6. The summed E-state index contributed by atoms with van der Waals surface area (Å²) >= 11 is 9.05. The average molecular weight is 302 g/mol. The monoisotopic (exact) mass is 300 g/mol. The molecule has 2 rings (SSSR count). The van der Waals surface area contributed by atoms with E-state index < -0.39 is 0 Å². The number of aromatic hydroxyl groups is 1. The van der Waals surface area contributed by atoms with Crippen molar-refractivity contribution in [3.63, 3.8) is 0 Å². The van der Waals surface area contributed by atoms with Gasteiger partial charge in [-0.3, -0.25) is 0 Å². The Morgan fingerprint density at radius 1 is 1.12 bits per heavy atom. The Hall–Kier alpha value is -1.06. The lowest BCUT2D eigenvalue weighted by atomic mass is 10.1.